The Hall–Kier alpha value is -2.79. The van der Waals surface area contributed by atoms with Crippen molar-refractivity contribution >= 4 is 0 Å². The normalized spacial score (nSPS) is 14.4. The molecule has 5 nitrogen and oxygen atoms in total. The highest BCUT2D eigenvalue weighted by Crippen LogP contribution is 2.38. The number of benzene rings is 2. The van der Waals surface area contributed by atoms with Crippen LogP contribution in [0.15, 0.2) is 36.4 Å². The lowest BCUT2D eigenvalue weighted by Gasteiger charge is -2.19. The zero-order valence-corrected chi connectivity index (χ0v) is 16.7. The molecule has 0 atom stereocenters. The molecule has 0 saturated carbocycles. The van der Waals surface area contributed by atoms with Crippen LogP contribution in [-0.4, -0.2) is 33.1 Å². The molecule has 2 N–H and O–H groups in total. The number of rotatable bonds is 4. The molecule has 2 heterocycles. The summed E-state index contributed by atoms with van der Waals surface area (Å²) >= 11 is 0. The first-order chi connectivity index (χ1) is 13.5. The number of fused-ring (bicyclic) bond motifs is 1. The van der Waals surface area contributed by atoms with Crippen molar-refractivity contribution in [2.24, 2.45) is 0 Å². The summed E-state index contributed by atoms with van der Waals surface area (Å²) in [4.78, 5) is 10.4. The quantitative estimate of drug-likeness (QED) is 0.709. The molecule has 0 unspecified atom stereocenters. The first-order valence-electron chi connectivity index (χ1n) is 9.86. The molecule has 0 saturated heterocycles. The SMILES string of the molecule is CCc1nc(CN2CCOc3c(O)cc(-c4ccccc4C)cc3C2)c(C)[nH]1. The smallest absolute Gasteiger partial charge is 0.165 e. The van der Waals surface area contributed by atoms with E-state index in [0.717, 1.165) is 60.0 Å². The van der Waals surface area contributed by atoms with Gasteiger partial charge in [0.05, 0.1) is 5.69 Å². The van der Waals surface area contributed by atoms with Crippen molar-refractivity contribution in [2.75, 3.05) is 13.2 Å². The van der Waals surface area contributed by atoms with Crippen molar-refractivity contribution in [1.29, 1.82) is 0 Å². The molecule has 1 aliphatic rings. The number of aromatic hydroxyl groups is 1. The number of aromatic nitrogens is 2. The van der Waals surface area contributed by atoms with Crippen molar-refractivity contribution in [3.8, 4) is 22.6 Å². The molecule has 0 amide bonds. The summed E-state index contributed by atoms with van der Waals surface area (Å²) in [5.74, 6) is 1.84. The van der Waals surface area contributed by atoms with Gasteiger partial charge in [-0.1, -0.05) is 31.2 Å². The van der Waals surface area contributed by atoms with Crippen molar-refractivity contribution in [2.45, 2.75) is 40.3 Å². The number of hydrogen-bond acceptors (Lipinski definition) is 4. The van der Waals surface area contributed by atoms with Crippen LogP contribution in [0.25, 0.3) is 11.1 Å². The maximum Gasteiger partial charge on any atom is 0.165 e. The zero-order valence-electron chi connectivity index (χ0n) is 16.7. The van der Waals surface area contributed by atoms with E-state index in [1.54, 1.807) is 0 Å². The number of H-pyrrole nitrogens is 1. The first-order valence-corrected chi connectivity index (χ1v) is 9.86. The highest BCUT2D eigenvalue weighted by Gasteiger charge is 2.21. The maximum atomic E-state index is 10.6. The van der Waals surface area contributed by atoms with E-state index in [4.69, 9.17) is 9.72 Å². The van der Waals surface area contributed by atoms with E-state index in [0.29, 0.717) is 12.4 Å². The fourth-order valence-corrected chi connectivity index (χ4v) is 3.84. The lowest BCUT2D eigenvalue weighted by atomic mass is 9.98. The van der Waals surface area contributed by atoms with Gasteiger partial charge < -0.3 is 14.8 Å². The number of hydrogen-bond donors (Lipinski definition) is 2. The van der Waals surface area contributed by atoms with Crippen LogP contribution in [0.5, 0.6) is 11.5 Å². The van der Waals surface area contributed by atoms with Gasteiger partial charge in [-0.2, -0.15) is 0 Å². The Labute approximate surface area is 166 Å². The number of phenols is 1. The largest absolute Gasteiger partial charge is 0.504 e. The van der Waals surface area contributed by atoms with E-state index in [1.165, 1.54) is 5.56 Å². The second-order valence-electron chi connectivity index (χ2n) is 7.47. The number of imidazole rings is 1. The lowest BCUT2D eigenvalue weighted by molar-refractivity contribution is 0.215. The highest BCUT2D eigenvalue weighted by atomic mass is 16.5. The second kappa shape index (κ2) is 7.68. The van der Waals surface area contributed by atoms with E-state index < -0.39 is 0 Å². The summed E-state index contributed by atoms with van der Waals surface area (Å²) in [5, 5.41) is 10.6. The van der Waals surface area contributed by atoms with Crippen LogP contribution in [-0.2, 0) is 19.5 Å². The van der Waals surface area contributed by atoms with E-state index in [9.17, 15) is 5.11 Å². The van der Waals surface area contributed by atoms with E-state index >= 15 is 0 Å². The molecule has 4 rings (SSSR count). The average Bonchev–Trinajstić information content (AvgIpc) is 2.90. The minimum absolute atomic E-state index is 0.210. The molecule has 0 bridgehead atoms. The summed E-state index contributed by atoms with van der Waals surface area (Å²) in [6.45, 7) is 9.10. The van der Waals surface area contributed by atoms with Crippen molar-refractivity contribution in [1.82, 2.24) is 14.9 Å². The van der Waals surface area contributed by atoms with Crippen LogP contribution in [0.1, 0.15) is 35.3 Å². The Morgan fingerprint density at radius 2 is 2.04 bits per heavy atom. The van der Waals surface area contributed by atoms with Gasteiger partial charge in [0.1, 0.15) is 12.4 Å². The van der Waals surface area contributed by atoms with Gasteiger partial charge in [0, 0.05) is 37.3 Å². The Morgan fingerprint density at radius 3 is 2.79 bits per heavy atom. The average molecular weight is 377 g/mol. The number of nitrogens with one attached hydrogen (secondary N) is 1. The molecule has 1 aliphatic heterocycles. The van der Waals surface area contributed by atoms with Gasteiger partial charge in [-0.3, -0.25) is 4.90 Å². The second-order valence-corrected chi connectivity index (χ2v) is 7.47. The predicted molar refractivity (Wildman–Crippen MR) is 111 cm³/mol. The Bertz CT molecular complexity index is 994. The summed E-state index contributed by atoms with van der Waals surface area (Å²) in [6, 6.07) is 12.2. The number of phenolic OH excluding ortho intramolecular Hbond substituents is 1. The fraction of sp³-hybridized carbons (Fsp3) is 0.348. The summed E-state index contributed by atoms with van der Waals surface area (Å²) < 4.78 is 5.91. The number of nitrogens with zero attached hydrogens (tertiary/aromatic N) is 2. The maximum absolute atomic E-state index is 10.6. The van der Waals surface area contributed by atoms with Gasteiger partial charge in [-0.15, -0.1) is 0 Å². The fourth-order valence-electron chi connectivity index (χ4n) is 3.84. The number of ether oxygens (including phenoxy) is 1. The molecule has 0 spiro atoms. The Morgan fingerprint density at radius 1 is 1.21 bits per heavy atom. The van der Waals surface area contributed by atoms with Gasteiger partial charge in [-0.25, -0.2) is 4.98 Å². The Kier molecular flexibility index (Phi) is 5.09. The van der Waals surface area contributed by atoms with Gasteiger partial charge in [0.2, 0.25) is 0 Å². The summed E-state index contributed by atoms with van der Waals surface area (Å²) in [7, 11) is 0. The van der Waals surface area contributed by atoms with Crippen LogP contribution >= 0.6 is 0 Å². The van der Waals surface area contributed by atoms with Crippen LogP contribution < -0.4 is 4.74 Å². The predicted octanol–water partition coefficient (Wildman–Crippen LogP) is 4.36. The molecule has 28 heavy (non-hydrogen) atoms. The van der Waals surface area contributed by atoms with Gasteiger partial charge >= 0.3 is 0 Å². The zero-order chi connectivity index (χ0) is 19.7. The van der Waals surface area contributed by atoms with Gasteiger partial charge in [-0.05, 0) is 42.7 Å². The van der Waals surface area contributed by atoms with Crippen LogP contribution in [0.3, 0.4) is 0 Å². The molecule has 0 radical (unpaired) electrons. The number of aromatic amines is 1. The molecule has 0 aliphatic carbocycles. The molecule has 2 aromatic carbocycles. The highest BCUT2D eigenvalue weighted by molar-refractivity contribution is 5.71. The van der Waals surface area contributed by atoms with Crippen molar-refractivity contribution in [3.05, 3.63) is 64.7 Å². The standard InChI is InChI=1S/C23H27N3O2/c1-4-22-24-16(3)20(25-22)14-26-9-10-28-23-18(13-26)11-17(12-21(23)27)19-8-6-5-7-15(19)2/h5-8,11-12,27H,4,9-10,13-14H2,1-3H3,(H,24,25). The van der Waals surface area contributed by atoms with Crippen molar-refractivity contribution in [3.63, 3.8) is 0 Å². The third kappa shape index (κ3) is 3.62. The van der Waals surface area contributed by atoms with Crippen LogP contribution in [0, 0.1) is 13.8 Å². The van der Waals surface area contributed by atoms with Crippen LogP contribution in [0.2, 0.25) is 0 Å². The molecular weight excluding hydrogens is 350 g/mol. The topological polar surface area (TPSA) is 61.4 Å². The van der Waals surface area contributed by atoms with Crippen LogP contribution in [0.4, 0.5) is 0 Å². The third-order valence-electron chi connectivity index (χ3n) is 5.39. The van der Waals surface area contributed by atoms with Gasteiger partial charge in [0.15, 0.2) is 11.5 Å². The van der Waals surface area contributed by atoms with E-state index in [2.05, 4.69) is 48.9 Å². The van der Waals surface area contributed by atoms with E-state index in [-0.39, 0.29) is 5.75 Å². The monoisotopic (exact) mass is 377 g/mol. The van der Waals surface area contributed by atoms with Crippen molar-refractivity contribution < 1.29 is 9.84 Å². The summed E-state index contributed by atoms with van der Waals surface area (Å²) in [6.07, 6.45) is 0.903. The third-order valence-corrected chi connectivity index (χ3v) is 5.39. The number of aryl methyl sites for hydroxylation is 3. The summed E-state index contributed by atoms with van der Waals surface area (Å²) in [5.41, 5.74) is 6.56. The molecule has 0 fully saturated rings. The van der Waals surface area contributed by atoms with Gasteiger partial charge in [0.25, 0.3) is 0 Å². The van der Waals surface area contributed by atoms with E-state index in [1.807, 2.05) is 18.2 Å². The molecule has 3 aromatic rings. The molecular formula is C23H27N3O2. The lowest BCUT2D eigenvalue weighted by Crippen LogP contribution is -2.25. The first kappa shape index (κ1) is 18.6. The molecule has 1 aromatic heterocycles. The Balaban J connectivity index is 1.65. The molecule has 5 heteroatoms. The minimum Gasteiger partial charge on any atom is -0.504 e. The molecule has 146 valence electrons. The minimum atomic E-state index is 0.210.